The van der Waals surface area contributed by atoms with E-state index in [1.807, 2.05) is 30.3 Å². The highest BCUT2D eigenvalue weighted by atomic mass is 31.2. The molecule has 0 aliphatic rings. The molecule has 0 radical (unpaired) electrons. The molecular weight excluding hydrogens is 381 g/mol. The SMILES string of the molecule is CC[P+](c1ccccc1)(c1ccccc1)c1ccccc1-c1ccc(F)c(F)c1. The number of rotatable bonds is 5. The summed E-state index contributed by atoms with van der Waals surface area (Å²) < 4.78 is 27.6. The van der Waals surface area contributed by atoms with Crippen molar-refractivity contribution in [1.29, 1.82) is 0 Å². The first-order chi connectivity index (χ1) is 14.2. The Bertz CT molecular complexity index is 1070. The van der Waals surface area contributed by atoms with Gasteiger partial charge in [0.2, 0.25) is 0 Å². The molecular formula is C26H22F2P+. The van der Waals surface area contributed by atoms with Crippen molar-refractivity contribution in [2.75, 3.05) is 6.16 Å². The normalized spacial score (nSPS) is 11.4. The van der Waals surface area contributed by atoms with Crippen LogP contribution in [0.25, 0.3) is 11.1 Å². The van der Waals surface area contributed by atoms with E-state index in [2.05, 4.69) is 61.5 Å². The van der Waals surface area contributed by atoms with Crippen molar-refractivity contribution in [1.82, 2.24) is 0 Å². The Morgan fingerprint density at radius 3 is 1.72 bits per heavy atom. The molecule has 0 aliphatic heterocycles. The Balaban J connectivity index is 2.04. The smallest absolute Gasteiger partial charge is 0.159 e. The summed E-state index contributed by atoms with van der Waals surface area (Å²) in [5.41, 5.74) is 1.65. The second kappa shape index (κ2) is 8.27. The van der Waals surface area contributed by atoms with Crippen LogP contribution in [0.15, 0.2) is 103 Å². The van der Waals surface area contributed by atoms with Gasteiger partial charge in [-0.3, -0.25) is 0 Å². The molecule has 0 unspecified atom stereocenters. The van der Waals surface area contributed by atoms with E-state index in [4.69, 9.17) is 0 Å². The van der Waals surface area contributed by atoms with Gasteiger partial charge in [-0.25, -0.2) is 8.78 Å². The first-order valence-corrected chi connectivity index (χ1v) is 11.7. The molecule has 4 rings (SSSR count). The molecule has 29 heavy (non-hydrogen) atoms. The summed E-state index contributed by atoms with van der Waals surface area (Å²) in [4.78, 5) is 0. The molecule has 0 bridgehead atoms. The first-order valence-electron chi connectivity index (χ1n) is 9.71. The molecule has 144 valence electrons. The van der Waals surface area contributed by atoms with Gasteiger partial charge < -0.3 is 0 Å². The molecule has 4 aromatic rings. The van der Waals surface area contributed by atoms with Gasteiger partial charge in [0.25, 0.3) is 0 Å². The lowest BCUT2D eigenvalue weighted by Crippen LogP contribution is -2.33. The Morgan fingerprint density at radius 1 is 0.621 bits per heavy atom. The van der Waals surface area contributed by atoms with Crippen LogP contribution in [-0.4, -0.2) is 6.16 Å². The maximum absolute atomic E-state index is 14.1. The van der Waals surface area contributed by atoms with Crippen molar-refractivity contribution in [3.05, 3.63) is 115 Å². The highest BCUT2D eigenvalue weighted by Gasteiger charge is 2.45. The molecule has 0 N–H and O–H groups in total. The van der Waals surface area contributed by atoms with Crippen molar-refractivity contribution in [3.8, 4) is 11.1 Å². The number of hydrogen-bond donors (Lipinski definition) is 0. The third kappa shape index (κ3) is 3.50. The highest BCUT2D eigenvalue weighted by molar-refractivity contribution is 7.95. The number of hydrogen-bond acceptors (Lipinski definition) is 0. The average molecular weight is 403 g/mol. The van der Waals surface area contributed by atoms with Crippen LogP contribution in [0.1, 0.15) is 6.92 Å². The summed E-state index contributed by atoms with van der Waals surface area (Å²) in [5, 5.41) is 3.75. The zero-order valence-electron chi connectivity index (χ0n) is 16.2. The van der Waals surface area contributed by atoms with Gasteiger partial charge in [-0.05, 0) is 55.0 Å². The summed E-state index contributed by atoms with van der Waals surface area (Å²) in [6.07, 6.45) is 0.932. The lowest BCUT2D eigenvalue weighted by atomic mass is 10.1. The van der Waals surface area contributed by atoms with Gasteiger partial charge >= 0.3 is 0 Å². The minimum atomic E-state index is -1.98. The molecule has 0 aliphatic carbocycles. The van der Waals surface area contributed by atoms with E-state index in [9.17, 15) is 8.78 Å². The zero-order chi connectivity index (χ0) is 20.3. The fourth-order valence-corrected chi connectivity index (χ4v) is 8.29. The monoisotopic (exact) mass is 403 g/mol. The maximum Gasteiger partial charge on any atom is 0.159 e. The van der Waals surface area contributed by atoms with Crippen molar-refractivity contribution in [3.63, 3.8) is 0 Å². The fraction of sp³-hybridized carbons (Fsp3) is 0.0769. The molecule has 0 nitrogen and oxygen atoms in total. The van der Waals surface area contributed by atoms with Crippen LogP contribution in [0, 0.1) is 11.6 Å². The third-order valence-electron chi connectivity index (χ3n) is 5.41. The first kappa shape index (κ1) is 19.5. The van der Waals surface area contributed by atoms with E-state index in [0.29, 0.717) is 5.56 Å². The second-order valence-electron chi connectivity index (χ2n) is 6.94. The molecule has 0 saturated heterocycles. The van der Waals surface area contributed by atoms with Crippen molar-refractivity contribution in [2.45, 2.75) is 6.92 Å². The molecule has 0 fully saturated rings. The lowest BCUT2D eigenvalue weighted by molar-refractivity contribution is 0.509. The molecule has 4 aromatic carbocycles. The highest BCUT2D eigenvalue weighted by Crippen LogP contribution is 2.56. The Kier molecular flexibility index (Phi) is 5.56. The van der Waals surface area contributed by atoms with Crippen molar-refractivity contribution >= 4 is 23.2 Å². The largest absolute Gasteiger partial charge is 0.204 e. The molecule has 0 atom stereocenters. The topological polar surface area (TPSA) is 0 Å². The summed E-state index contributed by atoms with van der Waals surface area (Å²) >= 11 is 0. The van der Waals surface area contributed by atoms with Gasteiger partial charge in [0.15, 0.2) is 11.6 Å². The van der Waals surface area contributed by atoms with E-state index in [1.54, 1.807) is 6.07 Å². The van der Waals surface area contributed by atoms with E-state index in [1.165, 1.54) is 28.0 Å². The molecule has 0 aromatic heterocycles. The molecule has 0 saturated carbocycles. The van der Waals surface area contributed by atoms with E-state index in [-0.39, 0.29) is 0 Å². The van der Waals surface area contributed by atoms with Crippen LogP contribution in [0.5, 0.6) is 0 Å². The van der Waals surface area contributed by atoms with Crippen LogP contribution in [0.3, 0.4) is 0 Å². The summed E-state index contributed by atoms with van der Waals surface area (Å²) in [5.74, 6) is -1.65. The minimum Gasteiger partial charge on any atom is -0.204 e. The summed E-state index contributed by atoms with van der Waals surface area (Å²) in [6.45, 7) is 2.22. The van der Waals surface area contributed by atoms with E-state index >= 15 is 0 Å². The van der Waals surface area contributed by atoms with Crippen LogP contribution in [0.4, 0.5) is 8.78 Å². The zero-order valence-corrected chi connectivity index (χ0v) is 17.1. The standard InChI is InChI=1S/C26H22F2P/c1-2-29(21-11-5-3-6-12-21,22-13-7-4-8-14-22)26-16-10-9-15-23(26)20-17-18-24(27)25(28)19-20/h3-19H,2H2,1H3/q+1. The molecule has 3 heteroatoms. The predicted molar refractivity (Wildman–Crippen MR) is 121 cm³/mol. The summed E-state index contributed by atoms with van der Waals surface area (Å²) in [7, 11) is -1.98. The van der Waals surface area contributed by atoms with Gasteiger partial charge in [0.05, 0.1) is 6.16 Å². The van der Waals surface area contributed by atoms with Gasteiger partial charge in [-0.15, -0.1) is 0 Å². The van der Waals surface area contributed by atoms with Crippen molar-refractivity contribution in [2.24, 2.45) is 0 Å². The van der Waals surface area contributed by atoms with Gasteiger partial charge in [-0.2, -0.15) is 0 Å². The molecule has 0 spiro atoms. The van der Waals surface area contributed by atoms with E-state index < -0.39 is 18.9 Å². The number of halogens is 2. The summed E-state index contributed by atoms with van der Waals surface area (Å²) in [6, 6.07) is 33.4. The number of benzene rings is 4. The fourth-order valence-electron chi connectivity index (χ4n) is 4.04. The predicted octanol–water partition coefficient (Wildman–Crippen LogP) is 5.95. The Labute approximate surface area is 171 Å². The lowest BCUT2D eigenvalue weighted by Gasteiger charge is -2.28. The van der Waals surface area contributed by atoms with Crippen LogP contribution in [-0.2, 0) is 0 Å². The average Bonchev–Trinajstić information content (AvgIpc) is 2.78. The van der Waals surface area contributed by atoms with Crippen molar-refractivity contribution < 1.29 is 8.78 Å². The van der Waals surface area contributed by atoms with Crippen LogP contribution < -0.4 is 15.9 Å². The maximum atomic E-state index is 14.1. The molecule has 0 amide bonds. The Hall–Kier alpha value is -2.83. The van der Waals surface area contributed by atoms with E-state index in [0.717, 1.165) is 11.7 Å². The van der Waals surface area contributed by atoms with Crippen LogP contribution in [0.2, 0.25) is 0 Å². The molecule has 0 heterocycles. The minimum absolute atomic E-state index is 0.698. The van der Waals surface area contributed by atoms with Gasteiger partial charge in [0.1, 0.15) is 23.2 Å². The second-order valence-corrected chi connectivity index (χ2v) is 10.7. The van der Waals surface area contributed by atoms with Gasteiger partial charge in [0, 0.05) is 5.56 Å². The quantitative estimate of drug-likeness (QED) is 0.362. The van der Waals surface area contributed by atoms with Gasteiger partial charge in [-0.1, -0.05) is 60.7 Å². The van der Waals surface area contributed by atoms with Crippen LogP contribution >= 0.6 is 7.26 Å². The third-order valence-corrected chi connectivity index (χ3v) is 9.93. The Morgan fingerprint density at radius 2 is 1.17 bits per heavy atom.